The largest absolute Gasteiger partial charge is 0.395 e. The van der Waals surface area contributed by atoms with Gasteiger partial charge in [-0.3, -0.25) is 4.79 Å². The SMILES string of the molecule is O=C(NC[C@H]1N[C@H](CO)[C@@H]1c1ccc(C2=CCCC2)cc1)C1CCCC1. The van der Waals surface area contributed by atoms with Gasteiger partial charge in [0.15, 0.2) is 0 Å². The number of nitrogens with one attached hydrogen (secondary N) is 2. The van der Waals surface area contributed by atoms with E-state index >= 15 is 0 Å². The number of aliphatic hydroxyl groups excluding tert-OH is 1. The lowest BCUT2D eigenvalue weighted by atomic mass is 9.77. The Morgan fingerprint density at radius 2 is 1.88 bits per heavy atom. The summed E-state index contributed by atoms with van der Waals surface area (Å²) in [7, 11) is 0. The lowest BCUT2D eigenvalue weighted by Gasteiger charge is -2.46. The Morgan fingerprint density at radius 3 is 2.54 bits per heavy atom. The van der Waals surface area contributed by atoms with Crippen molar-refractivity contribution in [3.8, 4) is 0 Å². The van der Waals surface area contributed by atoms with E-state index in [-0.39, 0.29) is 36.4 Å². The maximum Gasteiger partial charge on any atom is 0.223 e. The molecule has 4 rings (SSSR count). The quantitative estimate of drug-likeness (QED) is 0.736. The van der Waals surface area contributed by atoms with Crippen molar-refractivity contribution in [2.24, 2.45) is 5.92 Å². The highest BCUT2D eigenvalue weighted by atomic mass is 16.3. The van der Waals surface area contributed by atoms with Crippen molar-refractivity contribution in [2.75, 3.05) is 13.2 Å². The minimum atomic E-state index is 0.0833. The number of benzene rings is 1. The van der Waals surface area contributed by atoms with Crippen LogP contribution >= 0.6 is 0 Å². The number of hydrogen-bond acceptors (Lipinski definition) is 3. The van der Waals surface area contributed by atoms with Crippen molar-refractivity contribution >= 4 is 11.5 Å². The van der Waals surface area contributed by atoms with Gasteiger partial charge in [-0.1, -0.05) is 43.2 Å². The molecule has 1 heterocycles. The predicted molar refractivity (Wildman–Crippen MR) is 104 cm³/mol. The second-order valence-corrected chi connectivity index (χ2v) is 8.06. The normalized spacial score (nSPS) is 28.7. The Balaban J connectivity index is 1.38. The Kier molecular flexibility index (Phi) is 5.41. The summed E-state index contributed by atoms with van der Waals surface area (Å²) in [5.74, 6) is 0.677. The average Bonchev–Trinajstić information content (AvgIpc) is 3.35. The zero-order chi connectivity index (χ0) is 17.9. The molecule has 4 heteroatoms. The molecule has 4 nitrogen and oxygen atoms in total. The molecule has 3 N–H and O–H groups in total. The predicted octanol–water partition coefficient (Wildman–Crippen LogP) is 2.98. The lowest BCUT2D eigenvalue weighted by molar-refractivity contribution is -0.125. The molecule has 2 aliphatic carbocycles. The summed E-state index contributed by atoms with van der Waals surface area (Å²) in [6, 6.07) is 9.12. The van der Waals surface area contributed by atoms with Crippen molar-refractivity contribution in [1.29, 1.82) is 0 Å². The van der Waals surface area contributed by atoms with Gasteiger partial charge in [0.2, 0.25) is 5.91 Å². The average molecular weight is 354 g/mol. The van der Waals surface area contributed by atoms with Crippen LogP contribution in [0.25, 0.3) is 5.57 Å². The van der Waals surface area contributed by atoms with Crippen molar-refractivity contribution in [2.45, 2.75) is 62.9 Å². The fourth-order valence-corrected chi connectivity index (χ4v) is 4.86. The van der Waals surface area contributed by atoms with Crippen LogP contribution in [-0.4, -0.2) is 36.2 Å². The van der Waals surface area contributed by atoms with Crippen LogP contribution in [0.5, 0.6) is 0 Å². The zero-order valence-corrected chi connectivity index (χ0v) is 15.4. The van der Waals surface area contributed by atoms with Crippen molar-refractivity contribution < 1.29 is 9.90 Å². The van der Waals surface area contributed by atoms with Crippen LogP contribution in [0.2, 0.25) is 0 Å². The van der Waals surface area contributed by atoms with Crippen LogP contribution in [0.3, 0.4) is 0 Å². The third-order valence-electron chi connectivity index (χ3n) is 6.42. The van der Waals surface area contributed by atoms with Gasteiger partial charge in [0.1, 0.15) is 0 Å². The zero-order valence-electron chi connectivity index (χ0n) is 15.4. The van der Waals surface area contributed by atoms with Crippen LogP contribution in [-0.2, 0) is 4.79 Å². The molecule has 3 aliphatic rings. The first kappa shape index (κ1) is 17.7. The Bertz CT molecular complexity index is 661. The van der Waals surface area contributed by atoms with Crippen LogP contribution in [0.1, 0.15) is 62.0 Å². The second-order valence-electron chi connectivity index (χ2n) is 8.06. The lowest BCUT2D eigenvalue weighted by Crippen LogP contribution is -2.64. The maximum atomic E-state index is 12.3. The van der Waals surface area contributed by atoms with E-state index in [9.17, 15) is 9.90 Å². The third kappa shape index (κ3) is 3.58. The summed E-state index contributed by atoms with van der Waals surface area (Å²) in [5.41, 5.74) is 4.04. The topological polar surface area (TPSA) is 61.4 Å². The van der Waals surface area contributed by atoms with Gasteiger partial charge in [-0.25, -0.2) is 0 Å². The summed E-state index contributed by atoms with van der Waals surface area (Å²) >= 11 is 0. The molecule has 1 saturated carbocycles. The minimum absolute atomic E-state index is 0.0833. The molecule has 1 amide bonds. The summed E-state index contributed by atoms with van der Waals surface area (Å²) in [4.78, 5) is 12.3. The summed E-state index contributed by atoms with van der Waals surface area (Å²) in [5, 5.41) is 16.2. The van der Waals surface area contributed by atoms with Crippen molar-refractivity contribution in [3.05, 3.63) is 41.5 Å². The van der Waals surface area contributed by atoms with Crippen molar-refractivity contribution in [3.63, 3.8) is 0 Å². The molecular weight excluding hydrogens is 324 g/mol. The number of carbonyl (C=O) groups is 1. The van der Waals surface area contributed by atoms with Crippen LogP contribution in [0, 0.1) is 5.92 Å². The number of allylic oxidation sites excluding steroid dienone is 2. The highest BCUT2D eigenvalue weighted by Gasteiger charge is 2.41. The van der Waals surface area contributed by atoms with E-state index in [0.717, 1.165) is 12.8 Å². The van der Waals surface area contributed by atoms with Gasteiger partial charge in [0.25, 0.3) is 0 Å². The molecule has 0 bridgehead atoms. The molecule has 3 atom stereocenters. The standard InChI is InChI=1S/C22H30N2O2/c25-14-20-21(17-11-9-16(10-12-17)15-5-1-2-6-15)19(24-20)13-23-22(26)18-7-3-4-8-18/h5,9-12,18-21,24-25H,1-4,6-8,13-14H2,(H,23,26)/t19-,20-,21-/m1/s1. The first-order valence-electron chi connectivity index (χ1n) is 10.2. The van der Waals surface area contributed by atoms with Crippen LogP contribution in [0.15, 0.2) is 30.3 Å². The van der Waals surface area contributed by atoms with E-state index in [2.05, 4.69) is 41.0 Å². The number of amides is 1. The number of hydrogen-bond donors (Lipinski definition) is 3. The van der Waals surface area contributed by atoms with Gasteiger partial charge in [-0.05, 0) is 48.8 Å². The Hall–Kier alpha value is -1.65. The monoisotopic (exact) mass is 354 g/mol. The Morgan fingerprint density at radius 1 is 1.12 bits per heavy atom. The van der Waals surface area contributed by atoms with Crippen molar-refractivity contribution in [1.82, 2.24) is 10.6 Å². The van der Waals surface area contributed by atoms with E-state index in [0.29, 0.717) is 6.54 Å². The van der Waals surface area contributed by atoms with Gasteiger partial charge in [-0.2, -0.15) is 0 Å². The maximum absolute atomic E-state index is 12.3. The second kappa shape index (κ2) is 7.93. The third-order valence-corrected chi connectivity index (χ3v) is 6.42. The molecule has 0 unspecified atom stereocenters. The van der Waals surface area contributed by atoms with Gasteiger partial charge < -0.3 is 15.7 Å². The highest BCUT2D eigenvalue weighted by molar-refractivity contribution is 5.78. The minimum Gasteiger partial charge on any atom is -0.395 e. The molecule has 26 heavy (non-hydrogen) atoms. The first-order chi connectivity index (χ1) is 12.8. The summed E-state index contributed by atoms with van der Waals surface area (Å²) in [6.45, 7) is 0.772. The Labute approximate surface area is 156 Å². The number of carbonyl (C=O) groups excluding carboxylic acids is 1. The molecule has 2 fully saturated rings. The molecule has 0 spiro atoms. The fraction of sp³-hybridized carbons (Fsp3) is 0.591. The summed E-state index contributed by atoms with van der Waals surface area (Å²) in [6.07, 6.45) is 10.4. The molecule has 1 aromatic rings. The van der Waals surface area contributed by atoms with Crippen LogP contribution < -0.4 is 10.6 Å². The number of rotatable bonds is 6. The van der Waals surface area contributed by atoms with Gasteiger partial charge >= 0.3 is 0 Å². The highest BCUT2D eigenvalue weighted by Crippen LogP contribution is 2.34. The molecular formula is C22H30N2O2. The van der Waals surface area contributed by atoms with Gasteiger partial charge in [0.05, 0.1) is 6.61 Å². The molecule has 1 aliphatic heterocycles. The first-order valence-corrected chi connectivity index (χ1v) is 10.2. The van der Waals surface area contributed by atoms with E-state index in [1.54, 1.807) is 0 Å². The van der Waals surface area contributed by atoms with Gasteiger partial charge in [0, 0.05) is 30.5 Å². The van der Waals surface area contributed by atoms with E-state index in [1.807, 2.05) is 0 Å². The van der Waals surface area contributed by atoms with E-state index in [1.165, 1.54) is 48.8 Å². The smallest absolute Gasteiger partial charge is 0.223 e. The fourth-order valence-electron chi connectivity index (χ4n) is 4.86. The molecule has 1 aromatic carbocycles. The van der Waals surface area contributed by atoms with Crippen LogP contribution in [0.4, 0.5) is 0 Å². The molecule has 140 valence electrons. The van der Waals surface area contributed by atoms with E-state index in [4.69, 9.17) is 0 Å². The molecule has 0 aromatic heterocycles. The molecule has 0 radical (unpaired) electrons. The van der Waals surface area contributed by atoms with Gasteiger partial charge in [-0.15, -0.1) is 0 Å². The summed E-state index contributed by atoms with van der Waals surface area (Å²) < 4.78 is 0. The number of aliphatic hydroxyl groups is 1. The molecule has 1 saturated heterocycles. The van der Waals surface area contributed by atoms with E-state index < -0.39 is 0 Å².